The number of nitrogens with zero attached hydrogens (tertiary/aromatic N) is 2. The zero-order valence-electron chi connectivity index (χ0n) is 14.1. The largest absolute Gasteiger partial charge is 0.367 e. The number of carbonyl (C=O) groups excluding carboxylic acids is 1. The van der Waals surface area contributed by atoms with Crippen LogP contribution >= 0.6 is 0 Å². The van der Waals surface area contributed by atoms with Crippen LogP contribution in [0.5, 0.6) is 0 Å². The number of nitrogens with one attached hydrogen (secondary N) is 1. The van der Waals surface area contributed by atoms with Gasteiger partial charge in [-0.3, -0.25) is 4.79 Å². The zero-order chi connectivity index (χ0) is 17.2. The molecule has 1 saturated carbocycles. The Balaban J connectivity index is 1.42. The van der Waals surface area contributed by atoms with Gasteiger partial charge in [0.2, 0.25) is 5.91 Å². The van der Waals surface area contributed by atoms with Gasteiger partial charge in [0.1, 0.15) is 18.2 Å². The van der Waals surface area contributed by atoms with Crippen LogP contribution in [-0.2, 0) is 22.7 Å². The molecule has 132 valence electrons. The number of rotatable bonds is 4. The molecule has 6 heteroatoms. The second-order valence-corrected chi connectivity index (χ2v) is 6.84. The number of amides is 1. The van der Waals surface area contributed by atoms with Gasteiger partial charge in [0.15, 0.2) is 0 Å². The summed E-state index contributed by atoms with van der Waals surface area (Å²) >= 11 is 0. The smallest absolute Gasteiger partial charge is 0.223 e. The molecule has 5 nitrogen and oxygen atoms in total. The molecule has 1 amide bonds. The first-order valence-corrected chi connectivity index (χ1v) is 8.90. The van der Waals surface area contributed by atoms with E-state index in [1.807, 2.05) is 0 Å². The van der Waals surface area contributed by atoms with Gasteiger partial charge in [0.05, 0.1) is 24.5 Å². The van der Waals surface area contributed by atoms with Crippen molar-refractivity contribution in [2.45, 2.75) is 44.9 Å². The fourth-order valence-electron chi connectivity index (χ4n) is 3.70. The zero-order valence-corrected chi connectivity index (χ0v) is 14.1. The maximum absolute atomic E-state index is 13.2. The van der Waals surface area contributed by atoms with E-state index in [0.717, 1.165) is 42.8 Å². The van der Waals surface area contributed by atoms with E-state index in [1.54, 1.807) is 18.3 Å². The quantitative estimate of drug-likeness (QED) is 0.929. The van der Waals surface area contributed by atoms with Gasteiger partial charge in [-0.2, -0.15) is 0 Å². The number of imidazole rings is 1. The average molecular weight is 343 g/mol. The molecule has 0 unspecified atom stereocenters. The molecule has 1 atom stereocenters. The summed E-state index contributed by atoms with van der Waals surface area (Å²) in [4.78, 5) is 16.6. The molecular formula is C19H22FN3O2. The van der Waals surface area contributed by atoms with Gasteiger partial charge in [-0.1, -0.05) is 12.8 Å². The summed E-state index contributed by atoms with van der Waals surface area (Å²) in [6.07, 6.45) is 6.02. The van der Waals surface area contributed by atoms with Crippen LogP contribution in [-0.4, -0.2) is 28.1 Å². The number of halogens is 1. The lowest BCUT2D eigenvalue weighted by Crippen LogP contribution is -2.40. The van der Waals surface area contributed by atoms with Gasteiger partial charge in [0.25, 0.3) is 0 Å². The third-order valence-corrected chi connectivity index (χ3v) is 5.14. The lowest BCUT2D eigenvalue weighted by atomic mass is 10.1. The Hall–Kier alpha value is -2.21. The molecule has 1 aromatic carbocycles. The van der Waals surface area contributed by atoms with Gasteiger partial charge in [-0.25, -0.2) is 9.37 Å². The van der Waals surface area contributed by atoms with Gasteiger partial charge < -0.3 is 14.6 Å². The summed E-state index contributed by atoms with van der Waals surface area (Å²) in [5.74, 6) is 0.925. The van der Waals surface area contributed by atoms with Crippen LogP contribution in [0.4, 0.5) is 4.39 Å². The Morgan fingerprint density at radius 1 is 1.28 bits per heavy atom. The average Bonchev–Trinajstić information content (AvgIpc) is 3.30. The summed E-state index contributed by atoms with van der Waals surface area (Å²) in [6, 6.07) is 6.42. The third-order valence-electron chi connectivity index (χ3n) is 5.14. The van der Waals surface area contributed by atoms with E-state index in [2.05, 4.69) is 14.9 Å². The first kappa shape index (κ1) is 16.3. The highest BCUT2D eigenvalue weighted by molar-refractivity contribution is 5.78. The maximum atomic E-state index is 13.2. The summed E-state index contributed by atoms with van der Waals surface area (Å²) in [5.41, 5.74) is 1.88. The number of fused-ring (bicyclic) bond motifs is 1. The molecule has 0 saturated heterocycles. The topological polar surface area (TPSA) is 56.2 Å². The van der Waals surface area contributed by atoms with Crippen molar-refractivity contribution < 1.29 is 13.9 Å². The van der Waals surface area contributed by atoms with Crippen LogP contribution in [0, 0.1) is 11.7 Å². The Kier molecular flexibility index (Phi) is 4.53. The molecule has 1 aliphatic carbocycles. The minimum absolute atomic E-state index is 0.0775. The van der Waals surface area contributed by atoms with Crippen molar-refractivity contribution in [2.24, 2.45) is 5.92 Å². The van der Waals surface area contributed by atoms with Gasteiger partial charge in [-0.15, -0.1) is 0 Å². The van der Waals surface area contributed by atoms with E-state index in [4.69, 9.17) is 4.74 Å². The number of hydrogen-bond donors (Lipinski definition) is 1. The number of carbonyl (C=O) groups is 1. The molecule has 0 bridgehead atoms. The highest BCUT2D eigenvalue weighted by Gasteiger charge is 2.26. The van der Waals surface area contributed by atoms with Crippen LogP contribution in [0.25, 0.3) is 11.3 Å². The standard InChI is InChI=1S/C19H22FN3O2/c20-15-7-5-13(6-8-15)17-10-21-18-12-25-16(11-23(17)18)9-22-19(24)14-3-1-2-4-14/h5-8,10,14,16H,1-4,9,11-12H2,(H,22,24)/t16-/m0/s1. The van der Waals surface area contributed by atoms with Crippen LogP contribution in [0.3, 0.4) is 0 Å². The second-order valence-electron chi connectivity index (χ2n) is 6.84. The number of benzene rings is 1. The molecule has 2 aliphatic rings. The van der Waals surface area contributed by atoms with E-state index in [1.165, 1.54) is 12.1 Å². The van der Waals surface area contributed by atoms with Gasteiger partial charge in [-0.05, 0) is 42.7 Å². The van der Waals surface area contributed by atoms with E-state index in [0.29, 0.717) is 19.7 Å². The normalized spacial score (nSPS) is 20.4. The molecule has 0 radical (unpaired) electrons. The molecule has 2 aromatic rings. The molecule has 1 aliphatic heterocycles. The second kappa shape index (κ2) is 6.96. The van der Waals surface area contributed by atoms with Crippen molar-refractivity contribution in [3.05, 3.63) is 42.1 Å². The fourth-order valence-corrected chi connectivity index (χ4v) is 3.70. The van der Waals surface area contributed by atoms with Crippen molar-refractivity contribution in [1.29, 1.82) is 0 Å². The number of hydrogen-bond acceptors (Lipinski definition) is 3. The molecule has 0 spiro atoms. The van der Waals surface area contributed by atoms with Crippen LogP contribution in [0.2, 0.25) is 0 Å². The lowest BCUT2D eigenvalue weighted by Gasteiger charge is -2.26. The minimum atomic E-state index is -0.252. The van der Waals surface area contributed by atoms with Crippen molar-refractivity contribution in [3.8, 4) is 11.3 Å². The molecule has 1 fully saturated rings. The lowest BCUT2D eigenvalue weighted by molar-refractivity contribution is -0.125. The fraction of sp³-hybridized carbons (Fsp3) is 0.474. The Labute approximate surface area is 146 Å². The summed E-state index contributed by atoms with van der Waals surface area (Å²) in [5, 5.41) is 3.04. The maximum Gasteiger partial charge on any atom is 0.223 e. The van der Waals surface area contributed by atoms with Gasteiger partial charge in [0, 0.05) is 12.5 Å². The Morgan fingerprint density at radius 2 is 2.04 bits per heavy atom. The Morgan fingerprint density at radius 3 is 2.80 bits per heavy atom. The monoisotopic (exact) mass is 343 g/mol. The van der Waals surface area contributed by atoms with E-state index in [9.17, 15) is 9.18 Å². The van der Waals surface area contributed by atoms with Crippen molar-refractivity contribution in [2.75, 3.05) is 6.54 Å². The van der Waals surface area contributed by atoms with Crippen molar-refractivity contribution in [1.82, 2.24) is 14.9 Å². The summed E-state index contributed by atoms with van der Waals surface area (Å²) < 4.78 is 21.1. The Bertz CT molecular complexity index is 751. The molecule has 25 heavy (non-hydrogen) atoms. The molecule has 1 N–H and O–H groups in total. The highest BCUT2D eigenvalue weighted by Crippen LogP contribution is 2.26. The van der Waals surface area contributed by atoms with Gasteiger partial charge >= 0.3 is 0 Å². The van der Waals surface area contributed by atoms with E-state index >= 15 is 0 Å². The molecular weight excluding hydrogens is 321 g/mol. The summed E-state index contributed by atoms with van der Waals surface area (Å²) in [7, 11) is 0. The summed E-state index contributed by atoms with van der Waals surface area (Å²) in [6.45, 7) is 1.56. The van der Waals surface area contributed by atoms with E-state index < -0.39 is 0 Å². The molecule has 2 heterocycles. The first-order chi connectivity index (χ1) is 12.2. The SMILES string of the molecule is O=C(NC[C@H]1Cn2c(-c3ccc(F)cc3)cnc2CO1)C1CCCC1. The third kappa shape index (κ3) is 3.44. The molecule has 1 aromatic heterocycles. The first-order valence-electron chi connectivity index (χ1n) is 8.90. The van der Waals surface area contributed by atoms with Crippen molar-refractivity contribution >= 4 is 5.91 Å². The highest BCUT2D eigenvalue weighted by atomic mass is 19.1. The van der Waals surface area contributed by atoms with E-state index in [-0.39, 0.29) is 23.7 Å². The minimum Gasteiger partial charge on any atom is -0.367 e. The number of ether oxygens (including phenoxy) is 1. The van der Waals surface area contributed by atoms with Crippen LogP contribution in [0.1, 0.15) is 31.5 Å². The number of aromatic nitrogens is 2. The predicted molar refractivity (Wildman–Crippen MR) is 91.2 cm³/mol. The van der Waals surface area contributed by atoms with Crippen molar-refractivity contribution in [3.63, 3.8) is 0 Å². The predicted octanol–water partition coefficient (Wildman–Crippen LogP) is 2.89. The van der Waals surface area contributed by atoms with Crippen LogP contribution < -0.4 is 5.32 Å². The molecule has 4 rings (SSSR count). The van der Waals surface area contributed by atoms with Crippen LogP contribution in [0.15, 0.2) is 30.5 Å².